The van der Waals surface area contributed by atoms with Crippen LogP contribution in [0.5, 0.6) is 0 Å². The van der Waals surface area contributed by atoms with Gasteiger partial charge in [-0.25, -0.2) is 0 Å². The molecule has 1 unspecified atom stereocenters. The number of amides is 3. The monoisotopic (exact) mass is 390 g/mol. The van der Waals surface area contributed by atoms with Crippen molar-refractivity contribution in [2.45, 2.75) is 13.0 Å². The summed E-state index contributed by atoms with van der Waals surface area (Å²) in [5.74, 6) is -0.956. The molecule has 3 rings (SSSR count). The van der Waals surface area contributed by atoms with Gasteiger partial charge in [-0.15, -0.1) is 12.4 Å². The van der Waals surface area contributed by atoms with E-state index in [-0.39, 0.29) is 30.1 Å². The molecule has 3 N–H and O–H groups in total. The van der Waals surface area contributed by atoms with Crippen LogP contribution in [0, 0.1) is 0 Å². The highest BCUT2D eigenvalue weighted by Gasteiger charge is 2.33. The number of halogens is 1. The standard InChI is InChI=1S/C19H22N4O3.ClH/c1-11(20)17(24)21-15-8-7-14-16-12(15)5-4-6-13(16)18(25)23(19(14)26)10-9-22(2)3;/h4-8,11H,9-10,20H2,1-3H3,(H,21,24);1H. The van der Waals surface area contributed by atoms with Gasteiger partial charge in [0.2, 0.25) is 5.91 Å². The number of rotatable bonds is 5. The Kier molecular flexibility index (Phi) is 6.20. The second-order valence-electron chi connectivity index (χ2n) is 6.73. The van der Waals surface area contributed by atoms with Crippen LogP contribution in [0.3, 0.4) is 0 Å². The van der Waals surface area contributed by atoms with E-state index in [1.807, 2.05) is 19.0 Å². The van der Waals surface area contributed by atoms with E-state index in [0.717, 1.165) is 0 Å². The van der Waals surface area contributed by atoms with Crippen molar-refractivity contribution in [2.75, 3.05) is 32.5 Å². The highest BCUT2D eigenvalue weighted by Crippen LogP contribution is 2.34. The van der Waals surface area contributed by atoms with Crippen molar-refractivity contribution in [3.05, 3.63) is 41.5 Å². The molecular weight excluding hydrogens is 368 g/mol. The highest BCUT2D eigenvalue weighted by atomic mass is 35.5. The molecule has 0 bridgehead atoms. The molecule has 2 aromatic rings. The van der Waals surface area contributed by atoms with E-state index in [0.29, 0.717) is 40.7 Å². The minimum absolute atomic E-state index is 0. The molecule has 2 aromatic carbocycles. The van der Waals surface area contributed by atoms with Gasteiger partial charge in [-0.05, 0) is 39.2 Å². The average molecular weight is 391 g/mol. The van der Waals surface area contributed by atoms with E-state index in [2.05, 4.69) is 5.32 Å². The smallest absolute Gasteiger partial charge is 0.261 e. The minimum atomic E-state index is -0.661. The fourth-order valence-corrected chi connectivity index (χ4v) is 3.00. The predicted molar refractivity (Wildman–Crippen MR) is 107 cm³/mol. The van der Waals surface area contributed by atoms with Crippen LogP contribution in [0.25, 0.3) is 10.8 Å². The molecule has 7 nitrogen and oxygen atoms in total. The fraction of sp³-hybridized carbons (Fsp3) is 0.316. The summed E-state index contributed by atoms with van der Waals surface area (Å²) in [6.45, 7) is 2.51. The number of likely N-dealkylation sites (N-methyl/N-ethyl adjacent to an activating group) is 1. The molecule has 1 aliphatic rings. The number of nitrogens with zero attached hydrogens (tertiary/aromatic N) is 2. The van der Waals surface area contributed by atoms with Gasteiger partial charge in [0.25, 0.3) is 11.8 Å². The summed E-state index contributed by atoms with van der Waals surface area (Å²) in [5.41, 5.74) is 7.08. The Morgan fingerprint density at radius 2 is 1.78 bits per heavy atom. The number of nitrogens with two attached hydrogens (primary N) is 1. The number of nitrogens with one attached hydrogen (secondary N) is 1. The maximum absolute atomic E-state index is 12.8. The molecule has 0 saturated carbocycles. The molecular formula is C19H23ClN4O3. The third-order valence-electron chi connectivity index (χ3n) is 4.43. The number of imide groups is 1. The maximum Gasteiger partial charge on any atom is 0.261 e. The summed E-state index contributed by atoms with van der Waals surface area (Å²) >= 11 is 0. The van der Waals surface area contributed by atoms with Crippen molar-refractivity contribution < 1.29 is 14.4 Å². The molecule has 0 aromatic heterocycles. The fourth-order valence-electron chi connectivity index (χ4n) is 3.00. The van der Waals surface area contributed by atoms with Crippen LogP contribution in [0.1, 0.15) is 27.6 Å². The maximum atomic E-state index is 12.8. The number of carbonyl (C=O) groups excluding carboxylic acids is 3. The summed E-state index contributed by atoms with van der Waals surface area (Å²) in [5, 5.41) is 3.99. The Balaban J connectivity index is 0.00000261. The third-order valence-corrected chi connectivity index (χ3v) is 4.43. The lowest BCUT2D eigenvalue weighted by molar-refractivity contribution is -0.117. The van der Waals surface area contributed by atoms with Gasteiger partial charge in [0.1, 0.15) is 0 Å². The van der Waals surface area contributed by atoms with E-state index in [9.17, 15) is 14.4 Å². The molecule has 1 aliphatic heterocycles. The molecule has 0 saturated heterocycles. The van der Waals surface area contributed by atoms with Gasteiger partial charge < -0.3 is 16.0 Å². The summed E-state index contributed by atoms with van der Waals surface area (Å²) in [4.78, 5) is 40.8. The van der Waals surface area contributed by atoms with Gasteiger partial charge >= 0.3 is 0 Å². The second-order valence-corrected chi connectivity index (χ2v) is 6.73. The molecule has 8 heteroatoms. The highest BCUT2D eigenvalue weighted by molar-refractivity contribution is 6.27. The summed E-state index contributed by atoms with van der Waals surface area (Å²) in [6, 6.07) is 7.92. The first-order chi connectivity index (χ1) is 12.3. The van der Waals surface area contributed by atoms with Crippen molar-refractivity contribution in [3.63, 3.8) is 0 Å². The molecule has 1 heterocycles. The van der Waals surface area contributed by atoms with Gasteiger partial charge in [-0.1, -0.05) is 12.1 Å². The van der Waals surface area contributed by atoms with Crippen LogP contribution in [-0.4, -0.2) is 60.7 Å². The quantitative estimate of drug-likeness (QED) is 0.757. The molecule has 1 atom stereocenters. The largest absolute Gasteiger partial charge is 0.324 e. The van der Waals surface area contributed by atoms with Gasteiger partial charge in [0.15, 0.2) is 0 Å². The van der Waals surface area contributed by atoms with Crippen LogP contribution in [0.15, 0.2) is 30.3 Å². The zero-order valence-corrected chi connectivity index (χ0v) is 16.3. The van der Waals surface area contributed by atoms with Gasteiger partial charge in [0, 0.05) is 40.7 Å². The number of carbonyl (C=O) groups is 3. The zero-order valence-electron chi connectivity index (χ0n) is 15.5. The molecule has 27 heavy (non-hydrogen) atoms. The second kappa shape index (κ2) is 8.04. The Hall–Kier alpha value is -2.48. The zero-order chi connectivity index (χ0) is 19.0. The normalized spacial score (nSPS) is 14.3. The molecule has 3 amide bonds. The Labute approximate surface area is 163 Å². The first kappa shape index (κ1) is 20.8. The van der Waals surface area contributed by atoms with Crippen molar-refractivity contribution in [2.24, 2.45) is 5.73 Å². The first-order valence-corrected chi connectivity index (χ1v) is 8.44. The van der Waals surface area contributed by atoms with Crippen molar-refractivity contribution in [1.29, 1.82) is 0 Å². The van der Waals surface area contributed by atoms with Crippen LogP contribution in [-0.2, 0) is 4.79 Å². The summed E-state index contributed by atoms with van der Waals surface area (Å²) in [6.07, 6.45) is 0. The van der Waals surface area contributed by atoms with Crippen molar-refractivity contribution in [1.82, 2.24) is 9.80 Å². The lowest BCUT2D eigenvalue weighted by Crippen LogP contribution is -2.43. The lowest BCUT2D eigenvalue weighted by atomic mass is 9.93. The van der Waals surface area contributed by atoms with Crippen LogP contribution in [0.4, 0.5) is 5.69 Å². The summed E-state index contributed by atoms with van der Waals surface area (Å²) in [7, 11) is 3.78. The van der Waals surface area contributed by atoms with Crippen LogP contribution >= 0.6 is 12.4 Å². The van der Waals surface area contributed by atoms with Crippen molar-refractivity contribution >= 4 is 46.6 Å². The number of anilines is 1. The number of hydrogen-bond donors (Lipinski definition) is 2. The van der Waals surface area contributed by atoms with E-state index in [1.165, 1.54) is 4.90 Å². The van der Waals surface area contributed by atoms with Gasteiger partial charge in [-0.2, -0.15) is 0 Å². The molecule has 0 radical (unpaired) electrons. The Morgan fingerprint density at radius 3 is 2.37 bits per heavy atom. The van der Waals surface area contributed by atoms with E-state index < -0.39 is 6.04 Å². The summed E-state index contributed by atoms with van der Waals surface area (Å²) < 4.78 is 0. The van der Waals surface area contributed by atoms with E-state index >= 15 is 0 Å². The van der Waals surface area contributed by atoms with E-state index in [4.69, 9.17) is 5.73 Å². The van der Waals surface area contributed by atoms with Crippen molar-refractivity contribution in [3.8, 4) is 0 Å². The first-order valence-electron chi connectivity index (χ1n) is 8.44. The lowest BCUT2D eigenvalue weighted by Gasteiger charge is -2.28. The van der Waals surface area contributed by atoms with Gasteiger partial charge in [-0.3, -0.25) is 19.3 Å². The minimum Gasteiger partial charge on any atom is -0.324 e. The SMILES string of the molecule is CC(N)C(=O)Nc1ccc2c3c(cccc13)C(=O)N(CCN(C)C)C2=O.Cl. The molecule has 0 fully saturated rings. The Morgan fingerprint density at radius 1 is 1.15 bits per heavy atom. The average Bonchev–Trinajstić information content (AvgIpc) is 2.60. The van der Waals surface area contributed by atoms with Crippen LogP contribution in [0.2, 0.25) is 0 Å². The third kappa shape index (κ3) is 3.80. The number of hydrogen-bond acceptors (Lipinski definition) is 5. The molecule has 144 valence electrons. The van der Waals surface area contributed by atoms with E-state index in [1.54, 1.807) is 37.3 Å². The predicted octanol–water partition coefficient (Wildman–Crippen LogP) is 1.70. The molecule has 0 aliphatic carbocycles. The number of benzene rings is 2. The molecule has 0 spiro atoms. The van der Waals surface area contributed by atoms with Crippen LogP contribution < -0.4 is 11.1 Å². The van der Waals surface area contributed by atoms with Gasteiger partial charge in [0.05, 0.1) is 6.04 Å². The topological polar surface area (TPSA) is 95.7 Å². The Bertz CT molecular complexity index is 889.